The summed E-state index contributed by atoms with van der Waals surface area (Å²) in [7, 11) is -3.62. The molecule has 0 aliphatic heterocycles. The van der Waals surface area contributed by atoms with Crippen LogP contribution in [0, 0.1) is 6.92 Å². The molecule has 0 bridgehead atoms. The van der Waals surface area contributed by atoms with Gasteiger partial charge < -0.3 is 5.11 Å². The number of aromatic carboxylic acids is 1. The van der Waals surface area contributed by atoms with Crippen molar-refractivity contribution in [3.63, 3.8) is 0 Å². The highest BCUT2D eigenvalue weighted by atomic mass is 32.2. The number of carboxylic acid groups (broad SMARTS) is 1. The molecule has 33 heavy (non-hydrogen) atoms. The van der Waals surface area contributed by atoms with Gasteiger partial charge >= 0.3 is 5.97 Å². The van der Waals surface area contributed by atoms with Crippen LogP contribution in [-0.4, -0.2) is 19.5 Å². The van der Waals surface area contributed by atoms with Gasteiger partial charge in [-0.25, -0.2) is 13.2 Å². The summed E-state index contributed by atoms with van der Waals surface area (Å²) in [5.41, 5.74) is 4.42. The predicted molar refractivity (Wildman–Crippen MR) is 122 cm³/mol. The van der Waals surface area contributed by atoms with E-state index in [-0.39, 0.29) is 10.6 Å². The second-order valence-electron chi connectivity index (χ2n) is 6.80. The molecule has 3 aromatic rings. The van der Waals surface area contributed by atoms with Gasteiger partial charge in [-0.15, -0.1) is 0 Å². The highest BCUT2D eigenvalue weighted by Gasteiger charge is 2.14. The molecule has 0 radical (unpaired) electrons. The summed E-state index contributed by atoms with van der Waals surface area (Å²) in [6, 6.07) is 13.1. The maximum Gasteiger partial charge on any atom is 0.338 e. The Kier molecular flexibility index (Phi) is 6.64. The third-order valence-electron chi connectivity index (χ3n) is 4.47. The van der Waals surface area contributed by atoms with Crippen molar-refractivity contribution < 1.29 is 18.3 Å². The van der Waals surface area contributed by atoms with E-state index in [0.717, 1.165) is 17.0 Å². The lowest BCUT2D eigenvalue weighted by atomic mass is 10.2. The molecule has 0 unspecified atom stereocenters. The fourth-order valence-electron chi connectivity index (χ4n) is 2.68. The fourth-order valence-corrected chi connectivity index (χ4v) is 3.39. The maximum atomic E-state index is 12.8. The second-order valence-corrected chi connectivity index (χ2v) is 8.70. The summed E-state index contributed by atoms with van der Waals surface area (Å²) in [4.78, 5) is 36.7. The summed E-state index contributed by atoms with van der Waals surface area (Å²) in [5.74, 6) is -1.49. The van der Waals surface area contributed by atoms with Gasteiger partial charge in [-0.1, -0.05) is 24.3 Å². The number of hydrogen-bond acceptors (Lipinski definition) is 9. The molecule has 3 N–H and O–H groups in total. The molecule has 0 atom stereocenters. The number of hydrogen-bond donors (Lipinski definition) is 3. The monoisotopic (exact) mass is 466 g/mol. The topological polar surface area (TPSA) is 154 Å². The Balaban J connectivity index is 2.04. The second kappa shape index (κ2) is 9.40. The van der Waals surface area contributed by atoms with Crippen LogP contribution in [0.1, 0.15) is 15.9 Å². The molecule has 0 spiro atoms. The van der Waals surface area contributed by atoms with E-state index in [4.69, 9.17) is 0 Å². The van der Waals surface area contributed by atoms with Crippen molar-refractivity contribution in [1.29, 1.82) is 0 Å². The smallest absolute Gasteiger partial charge is 0.338 e. The highest BCUT2D eigenvalue weighted by Crippen LogP contribution is 2.15. The van der Waals surface area contributed by atoms with Gasteiger partial charge in [0.05, 0.1) is 21.8 Å². The van der Waals surface area contributed by atoms with Crippen LogP contribution in [0.15, 0.2) is 91.3 Å². The summed E-state index contributed by atoms with van der Waals surface area (Å²) in [6.45, 7) is 5.13. The van der Waals surface area contributed by atoms with Gasteiger partial charge in [-0.2, -0.15) is 10.2 Å². The van der Waals surface area contributed by atoms with Crippen LogP contribution >= 0.6 is 0 Å². The van der Waals surface area contributed by atoms with E-state index in [1.807, 2.05) is 6.92 Å². The van der Waals surface area contributed by atoms with Crippen molar-refractivity contribution in [2.75, 3.05) is 10.9 Å². The Morgan fingerprint density at radius 3 is 1.97 bits per heavy atom. The highest BCUT2D eigenvalue weighted by molar-refractivity contribution is 7.94. The third-order valence-corrected chi connectivity index (χ3v) is 5.84. The first-order valence-electron chi connectivity index (χ1n) is 9.38. The minimum atomic E-state index is -3.62. The minimum absolute atomic E-state index is 0.00570. The zero-order chi connectivity index (χ0) is 24.2. The minimum Gasteiger partial charge on any atom is -0.478 e. The van der Waals surface area contributed by atoms with E-state index >= 15 is 0 Å². The number of sulfone groups is 1. The van der Waals surface area contributed by atoms with Crippen LogP contribution in [0.3, 0.4) is 0 Å². The molecule has 11 heteroatoms. The van der Waals surface area contributed by atoms with Crippen molar-refractivity contribution in [3.05, 3.63) is 109 Å². The van der Waals surface area contributed by atoms with Gasteiger partial charge in [-0.3, -0.25) is 20.4 Å². The van der Waals surface area contributed by atoms with Gasteiger partial charge in [-0.05, 0) is 43.3 Å². The first-order valence-corrected chi connectivity index (χ1v) is 10.9. The number of carboxylic acids is 1. The largest absolute Gasteiger partial charge is 0.478 e. The normalized spacial score (nSPS) is 12.4. The summed E-state index contributed by atoms with van der Waals surface area (Å²) in [6.07, 6.45) is 0. The van der Waals surface area contributed by atoms with Crippen LogP contribution < -0.4 is 32.4 Å². The van der Waals surface area contributed by atoms with Crippen LogP contribution in [0.5, 0.6) is 0 Å². The first-order chi connectivity index (χ1) is 15.6. The van der Waals surface area contributed by atoms with Crippen LogP contribution in [-0.2, 0) is 9.84 Å². The van der Waals surface area contributed by atoms with E-state index in [0.29, 0.717) is 5.69 Å². The number of nitrogens with zero attached hydrogens (tertiary/aromatic N) is 2. The number of benzene rings is 3. The lowest BCUT2D eigenvalue weighted by Gasteiger charge is -2.03. The first kappa shape index (κ1) is 23.3. The molecule has 0 aliphatic carbocycles. The van der Waals surface area contributed by atoms with Crippen molar-refractivity contribution in [2.24, 2.45) is 10.2 Å². The van der Waals surface area contributed by atoms with E-state index in [1.54, 1.807) is 24.3 Å². The predicted octanol–water partition coefficient (Wildman–Crippen LogP) is 1.06. The molecule has 0 fully saturated rings. The zero-order valence-electron chi connectivity index (χ0n) is 17.3. The van der Waals surface area contributed by atoms with Crippen LogP contribution in [0.2, 0.25) is 0 Å². The maximum absolute atomic E-state index is 12.8. The molecule has 3 rings (SSSR count). The average Bonchev–Trinajstić information content (AvgIpc) is 2.79. The SMILES string of the molecule is C=CS(=O)(=O)c1ccc(N/N=c2\c(=O)cc(C(=O)O)/c(=N/Nc3ccc(C)cc3)c2=O)cc1. The lowest BCUT2D eigenvalue weighted by Crippen LogP contribution is -2.50. The van der Waals surface area contributed by atoms with Crippen molar-refractivity contribution in [2.45, 2.75) is 11.8 Å². The number of carbonyl (C=O) groups is 1. The molecule has 3 aromatic carbocycles. The number of nitrogens with one attached hydrogen (secondary N) is 2. The van der Waals surface area contributed by atoms with Crippen molar-refractivity contribution in [3.8, 4) is 0 Å². The van der Waals surface area contributed by atoms with Crippen LogP contribution in [0.4, 0.5) is 11.4 Å². The Labute approximate surface area is 187 Å². The van der Waals surface area contributed by atoms with Crippen molar-refractivity contribution in [1.82, 2.24) is 0 Å². The van der Waals surface area contributed by atoms with E-state index in [2.05, 4.69) is 27.6 Å². The van der Waals surface area contributed by atoms with Gasteiger partial charge in [0, 0.05) is 11.5 Å². The Morgan fingerprint density at radius 1 is 0.939 bits per heavy atom. The molecule has 10 nitrogen and oxygen atoms in total. The zero-order valence-corrected chi connectivity index (χ0v) is 18.1. The average molecular weight is 466 g/mol. The van der Waals surface area contributed by atoms with Crippen LogP contribution in [0.25, 0.3) is 0 Å². The molecule has 0 heterocycles. The molecule has 0 aliphatic rings. The summed E-state index contributed by atoms with van der Waals surface area (Å²) in [5, 5.41) is 16.8. The van der Waals surface area contributed by atoms with Crippen molar-refractivity contribution >= 4 is 27.2 Å². The third kappa shape index (κ3) is 5.28. The van der Waals surface area contributed by atoms with Gasteiger partial charge in [0.1, 0.15) is 5.36 Å². The number of anilines is 2. The summed E-state index contributed by atoms with van der Waals surface area (Å²) < 4.78 is 23.6. The number of rotatable bonds is 7. The molecule has 0 amide bonds. The standard InChI is InChI=1S/C22H18N4O6S/c1-3-33(31,32)16-10-8-15(9-11-16)24-26-20-18(27)12-17(22(29)30)19(21(20)28)25-23-14-6-4-13(2)5-7-14/h3-12,23-24H,1H2,2H3,(H,29,30)/b25-19-,26-20+. The molecular weight excluding hydrogens is 448 g/mol. The Bertz CT molecular complexity index is 1550. The Morgan fingerprint density at radius 2 is 1.45 bits per heavy atom. The molecule has 0 saturated carbocycles. The van der Waals surface area contributed by atoms with Gasteiger partial charge in [0.2, 0.25) is 10.9 Å². The fraction of sp³-hybridized carbons (Fsp3) is 0.0455. The molecular formula is C22H18N4O6S. The molecule has 0 aromatic heterocycles. The lowest BCUT2D eigenvalue weighted by molar-refractivity contribution is 0.0694. The molecule has 168 valence electrons. The molecule has 0 saturated heterocycles. The van der Waals surface area contributed by atoms with E-state index < -0.39 is 42.9 Å². The Hall–Kier alpha value is -4.38. The summed E-state index contributed by atoms with van der Waals surface area (Å²) >= 11 is 0. The number of aryl methyl sites for hydroxylation is 1. The van der Waals surface area contributed by atoms with E-state index in [1.165, 1.54) is 24.3 Å². The quantitative estimate of drug-likeness (QED) is 0.437. The van der Waals surface area contributed by atoms with Gasteiger partial charge in [0.25, 0.3) is 0 Å². The van der Waals surface area contributed by atoms with Gasteiger partial charge in [0.15, 0.2) is 15.2 Å². The van der Waals surface area contributed by atoms with E-state index in [9.17, 15) is 27.9 Å².